The molecule has 1 aromatic carbocycles. The number of carbonyl (C=O) groups is 2. The van der Waals surface area contributed by atoms with Crippen LogP contribution in [0.1, 0.15) is 18.1 Å². The van der Waals surface area contributed by atoms with Crippen LogP contribution in [0.5, 0.6) is 0 Å². The number of aryl methyl sites for hydroxylation is 1. The zero-order chi connectivity index (χ0) is 13.3. The van der Waals surface area contributed by atoms with Crippen LogP contribution in [0.3, 0.4) is 0 Å². The van der Waals surface area contributed by atoms with E-state index in [2.05, 4.69) is 6.58 Å². The number of amides is 2. The molecule has 1 aromatic rings. The van der Waals surface area contributed by atoms with Crippen molar-refractivity contribution in [2.24, 2.45) is 0 Å². The van der Waals surface area contributed by atoms with Crippen LogP contribution in [0.4, 0.5) is 5.69 Å². The highest BCUT2D eigenvalue weighted by molar-refractivity contribution is 6.30. The lowest BCUT2D eigenvalue weighted by Crippen LogP contribution is -2.32. The monoisotopic (exact) mass is 241 g/mol. The molecule has 0 atom stereocenters. The maximum Gasteiger partial charge on any atom is 0.261 e. The number of nitrogens with zero attached hydrogens (tertiary/aromatic N) is 1. The van der Waals surface area contributed by atoms with E-state index >= 15 is 0 Å². The second kappa shape index (κ2) is 4.61. The normalized spacial score (nSPS) is 15.0. The minimum absolute atomic E-state index is 0.236. The third kappa shape index (κ3) is 1.88. The highest BCUT2D eigenvalue weighted by Crippen LogP contribution is 2.30. The number of imide groups is 1. The molecule has 18 heavy (non-hydrogen) atoms. The smallest absolute Gasteiger partial charge is 0.261 e. The number of carbonyl (C=O) groups excluding carboxylic acids is 2. The predicted molar refractivity (Wildman–Crippen MR) is 71.3 cm³/mol. The summed E-state index contributed by atoms with van der Waals surface area (Å²) in [4.78, 5) is 25.2. The van der Waals surface area contributed by atoms with E-state index in [1.54, 1.807) is 13.0 Å². The van der Waals surface area contributed by atoms with Crippen molar-refractivity contribution in [3.63, 3.8) is 0 Å². The first kappa shape index (κ1) is 12.3. The van der Waals surface area contributed by atoms with Crippen molar-refractivity contribution in [2.45, 2.75) is 20.3 Å². The molecule has 3 nitrogen and oxygen atoms in total. The molecular weight excluding hydrogens is 226 g/mol. The lowest BCUT2D eigenvalue weighted by molar-refractivity contribution is -0.120. The molecule has 3 heteroatoms. The Hall–Kier alpha value is -2.16. The Bertz CT molecular complexity index is 570. The van der Waals surface area contributed by atoms with Crippen molar-refractivity contribution in [2.75, 3.05) is 4.90 Å². The molecule has 0 radical (unpaired) electrons. The summed E-state index contributed by atoms with van der Waals surface area (Å²) < 4.78 is 0. The maximum absolute atomic E-state index is 12.0. The minimum Gasteiger partial charge on any atom is -0.269 e. The first-order chi connectivity index (χ1) is 8.56. The molecule has 0 spiro atoms. The molecule has 2 amide bonds. The highest BCUT2D eigenvalue weighted by Gasteiger charge is 2.31. The zero-order valence-corrected chi connectivity index (χ0v) is 10.6. The average Bonchev–Trinajstić information content (AvgIpc) is 2.56. The van der Waals surface area contributed by atoms with Crippen molar-refractivity contribution in [3.8, 4) is 0 Å². The van der Waals surface area contributed by atoms with Gasteiger partial charge < -0.3 is 0 Å². The van der Waals surface area contributed by atoms with Crippen molar-refractivity contribution < 1.29 is 9.59 Å². The van der Waals surface area contributed by atoms with E-state index in [-0.39, 0.29) is 11.8 Å². The summed E-state index contributed by atoms with van der Waals surface area (Å²) in [6.07, 6.45) is 3.78. The van der Waals surface area contributed by atoms with E-state index in [0.29, 0.717) is 17.7 Å². The van der Waals surface area contributed by atoms with Gasteiger partial charge in [0, 0.05) is 11.6 Å². The van der Waals surface area contributed by atoms with Gasteiger partial charge in [0.15, 0.2) is 0 Å². The number of rotatable bonds is 3. The molecule has 1 aliphatic heterocycles. The molecule has 1 heterocycles. The quantitative estimate of drug-likeness (QED) is 0.602. The third-order valence-corrected chi connectivity index (χ3v) is 3.01. The Kier molecular flexibility index (Phi) is 3.15. The number of allylic oxidation sites excluding steroid dienone is 1. The van der Waals surface area contributed by atoms with Crippen LogP contribution in [0.2, 0.25) is 0 Å². The molecule has 1 aliphatic rings. The molecule has 2 rings (SSSR count). The molecule has 92 valence electrons. The topological polar surface area (TPSA) is 37.4 Å². The first-order valence-corrected chi connectivity index (χ1v) is 5.82. The Balaban J connectivity index is 2.55. The Morgan fingerprint density at radius 3 is 2.56 bits per heavy atom. The summed E-state index contributed by atoms with van der Waals surface area (Å²) in [7, 11) is 0. The summed E-state index contributed by atoms with van der Waals surface area (Å²) in [5.74, 6) is -0.503. The van der Waals surface area contributed by atoms with Crippen LogP contribution in [0.15, 0.2) is 42.5 Å². The van der Waals surface area contributed by atoms with Crippen LogP contribution >= 0.6 is 0 Å². The van der Waals surface area contributed by atoms with E-state index in [1.807, 2.05) is 25.1 Å². The molecule has 0 unspecified atom stereocenters. The van der Waals surface area contributed by atoms with Crippen LogP contribution in [0.25, 0.3) is 0 Å². The summed E-state index contributed by atoms with van der Waals surface area (Å²) >= 11 is 0. The second-order valence-electron chi connectivity index (χ2n) is 4.38. The first-order valence-electron chi connectivity index (χ1n) is 5.82. The van der Waals surface area contributed by atoms with E-state index in [4.69, 9.17) is 0 Å². The molecule has 0 bridgehead atoms. The SMILES string of the molecule is C=CCc1cccc(C)c1N1C(=O)C=C(C)C1=O. The number of benzene rings is 1. The van der Waals surface area contributed by atoms with Crippen molar-refractivity contribution in [3.05, 3.63) is 53.6 Å². The van der Waals surface area contributed by atoms with E-state index < -0.39 is 0 Å². The standard InChI is InChI=1S/C15H15NO2/c1-4-6-12-8-5-7-10(2)14(12)16-13(17)9-11(3)15(16)18/h4-5,7-9H,1,6H2,2-3H3. The van der Waals surface area contributed by atoms with Crippen molar-refractivity contribution in [1.82, 2.24) is 0 Å². The van der Waals surface area contributed by atoms with Gasteiger partial charge in [0.1, 0.15) is 0 Å². The number of anilines is 1. The fraction of sp³-hybridized carbons (Fsp3) is 0.200. The number of hydrogen-bond donors (Lipinski definition) is 0. The van der Waals surface area contributed by atoms with Crippen LogP contribution in [-0.2, 0) is 16.0 Å². The molecule has 0 saturated heterocycles. The van der Waals surface area contributed by atoms with Gasteiger partial charge in [-0.25, -0.2) is 4.90 Å². The number of para-hydroxylation sites is 1. The summed E-state index contributed by atoms with van der Waals surface area (Å²) in [5.41, 5.74) is 3.03. The molecule has 0 N–H and O–H groups in total. The van der Waals surface area contributed by atoms with Gasteiger partial charge in [-0.3, -0.25) is 9.59 Å². The Morgan fingerprint density at radius 1 is 1.28 bits per heavy atom. The summed E-state index contributed by atoms with van der Waals surface area (Å²) in [5, 5.41) is 0. The Morgan fingerprint density at radius 2 is 2.00 bits per heavy atom. The predicted octanol–water partition coefficient (Wildman–Crippen LogP) is 2.54. The molecular formula is C15H15NO2. The third-order valence-electron chi connectivity index (χ3n) is 3.01. The van der Waals surface area contributed by atoms with Crippen LogP contribution < -0.4 is 4.90 Å². The largest absolute Gasteiger partial charge is 0.269 e. The molecule has 0 aromatic heterocycles. The van der Waals surface area contributed by atoms with E-state index in [9.17, 15) is 9.59 Å². The van der Waals surface area contributed by atoms with E-state index in [1.165, 1.54) is 11.0 Å². The molecule has 0 aliphatic carbocycles. The van der Waals surface area contributed by atoms with Crippen molar-refractivity contribution in [1.29, 1.82) is 0 Å². The number of hydrogen-bond acceptors (Lipinski definition) is 2. The van der Waals surface area contributed by atoms with Crippen LogP contribution in [-0.4, -0.2) is 11.8 Å². The van der Waals surface area contributed by atoms with Crippen molar-refractivity contribution >= 4 is 17.5 Å². The van der Waals surface area contributed by atoms with Gasteiger partial charge in [-0.2, -0.15) is 0 Å². The fourth-order valence-electron chi connectivity index (χ4n) is 2.16. The van der Waals surface area contributed by atoms with E-state index in [0.717, 1.165) is 11.1 Å². The average molecular weight is 241 g/mol. The minimum atomic E-state index is -0.267. The molecule has 0 saturated carbocycles. The van der Waals surface area contributed by atoms with Gasteiger partial charge in [0.05, 0.1) is 5.69 Å². The van der Waals surface area contributed by atoms with Gasteiger partial charge in [-0.05, 0) is 31.4 Å². The molecule has 0 fully saturated rings. The zero-order valence-electron chi connectivity index (χ0n) is 10.6. The summed E-state index contributed by atoms with van der Waals surface area (Å²) in [6.45, 7) is 7.26. The van der Waals surface area contributed by atoms with Gasteiger partial charge in [-0.1, -0.05) is 24.3 Å². The van der Waals surface area contributed by atoms with Gasteiger partial charge in [-0.15, -0.1) is 6.58 Å². The maximum atomic E-state index is 12.0. The summed E-state index contributed by atoms with van der Waals surface area (Å²) in [6, 6.07) is 5.73. The fourth-order valence-corrected chi connectivity index (χ4v) is 2.16. The van der Waals surface area contributed by atoms with Gasteiger partial charge in [0.2, 0.25) is 0 Å². The van der Waals surface area contributed by atoms with Crippen LogP contribution in [0, 0.1) is 6.92 Å². The second-order valence-corrected chi connectivity index (χ2v) is 4.38. The Labute approximate surface area is 106 Å². The van der Waals surface area contributed by atoms with Gasteiger partial charge >= 0.3 is 0 Å². The lowest BCUT2D eigenvalue weighted by Gasteiger charge is -2.20. The van der Waals surface area contributed by atoms with Gasteiger partial charge in [0.25, 0.3) is 11.8 Å². The lowest BCUT2D eigenvalue weighted by atomic mass is 10.0. The highest BCUT2D eigenvalue weighted by atomic mass is 16.2.